The fraction of sp³-hybridized carbons (Fsp3) is 0.462. The van der Waals surface area contributed by atoms with Gasteiger partial charge in [0, 0.05) is 13.1 Å². The van der Waals surface area contributed by atoms with Gasteiger partial charge >= 0.3 is 0 Å². The SMILES string of the molecule is COc1ccccc1NCC(=O)N1CCOCC1. The Labute approximate surface area is 107 Å². The summed E-state index contributed by atoms with van der Waals surface area (Å²) in [4.78, 5) is 13.7. The molecule has 0 aliphatic carbocycles. The van der Waals surface area contributed by atoms with Crippen molar-refractivity contribution in [2.24, 2.45) is 0 Å². The number of rotatable bonds is 4. The second kappa shape index (κ2) is 6.26. The number of amides is 1. The molecule has 1 N–H and O–H groups in total. The Morgan fingerprint density at radius 3 is 2.83 bits per heavy atom. The highest BCUT2D eigenvalue weighted by Crippen LogP contribution is 2.22. The predicted octanol–water partition coefficient (Wildman–Crippen LogP) is 0.966. The van der Waals surface area contributed by atoms with Gasteiger partial charge in [0.25, 0.3) is 0 Å². The van der Waals surface area contributed by atoms with Crippen molar-refractivity contribution in [1.29, 1.82) is 0 Å². The van der Waals surface area contributed by atoms with E-state index in [0.29, 0.717) is 26.3 Å². The fourth-order valence-electron chi connectivity index (χ4n) is 1.89. The number of benzene rings is 1. The third-order valence-corrected chi connectivity index (χ3v) is 2.90. The molecule has 1 aromatic carbocycles. The van der Waals surface area contributed by atoms with Crippen LogP contribution in [0.25, 0.3) is 0 Å². The molecule has 1 heterocycles. The van der Waals surface area contributed by atoms with E-state index < -0.39 is 0 Å². The number of carbonyl (C=O) groups excluding carboxylic acids is 1. The average molecular weight is 250 g/mol. The molecule has 18 heavy (non-hydrogen) atoms. The maximum absolute atomic E-state index is 11.9. The van der Waals surface area contributed by atoms with E-state index in [9.17, 15) is 4.79 Å². The van der Waals surface area contributed by atoms with Crippen molar-refractivity contribution in [2.75, 3.05) is 45.3 Å². The first kappa shape index (κ1) is 12.7. The highest BCUT2D eigenvalue weighted by atomic mass is 16.5. The van der Waals surface area contributed by atoms with Crippen LogP contribution in [0.1, 0.15) is 0 Å². The van der Waals surface area contributed by atoms with Crippen LogP contribution < -0.4 is 10.1 Å². The molecule has 0 atom stereocenters. The Hall–Kier alpha value is -1.75. The van der Waals surface area contributed by atoms with Crippen LogP contribution in [-0.4, -0.2) is 50.8 Å². The quantitative estimate of drug-likeness (QED) is 0.865. The number of carbonyl (C=O) groups is 1. The normalized spacial score (nSPS) is 15.3. The van der Waals surface area contributed by atoms with Gasteiger partial charge in [0.05, 0.1) is 32.6 Å². The highest BCUT2D eigenvalue weighted by molar-refractivity contribution is 5.81. The number of nitrogens with one attached hydrogen (secondary N) is 1. The first-order chi connectivity index (χ1) is 8.81. The van der Waals surface area contributed by atoms with Crippen LogP contribution in [0.2, 0.25) is 0 Å². The van der Waals surface area contributed by atoms with Crippen molar-refractivity contribution >= 4 is 11.6 Å². The summed E-state index contributed by atoms with van der Waals surface area (Å²) in [5.74, 6) is 0.830. The molecular formula is C13H18N2O3. The maximum Gasteiger partial charge on any atom is 0.242 e. The summed E-state index contributed by atoms with van der Waals surface area (Å²) in [6.07, 6.45) is 0. The molecule has 1 aliphatic heterocycles. The average Bonchev–Trinajstić information content (AvgIpc) is 2.46. The molecule has 1 fully saturated rings. The van der Waals surface area contributed by atoms with Crippen molar-refractivity contribution in [2.45, 2.75) is 0 Å². The molecule has 1 aromatic rings. The topological polar surface area (TPSA) is 50.8 Å². The molecular weight excluding hydrogens is 232 g/mol. The zero-order chi connectivity index (χ0) is 12.8. The van der Waals surface area contributed by atoms with Gasteiger partial charge in [-0.05, 0) is 12.1 Å². The van der Waals surface area contributed by atoms with Crippen LogP contribution in [0, 0.1) is 0 Å². The summed E-state index contributed by atoms with van der Waals surface area (Å²) in [5, 5.41) is 3.10. The first-order valence-electron chi connectivity index (χ1n) is 6.03. The number of nitrogens with zero attached hydrogens (tertiary/aromatic N) is 1. The number of anilines is 1. The predicted molar refractivity (Wildman–Crippen MR) is 68.9 cm³/mol. The molecule has 0 bridgehead atoms. The number of hydrogen-bond acceptors (Lipinski definition) is 4. The van der Waals surface area contributed by atoms with E-state index in [2.05, 4.69) is 5.32 Å². The van der Waals surface area contributed by atoms with Crippen molar-refractivity contribution in [1.82, 2.24) is 4.90 Å². The Morgan fingerprint density at radius 2 is 2.11 bits per heavy atom. The Morgan fingerprint density at radius 1 is 1.39 bits per heavy atom. The minimum Gasteiger partial charge on any atom is -0.495 e. The van der Waals surface area contributed by atoms with Gasteiger partial charge in [-0.3, -0.25) is 4.79 Å². The summed E-state index contributed by atoms with van der Waals surface area (Å²) < 4.78 is 10.4. The second-order valence-corrected chi connectivity index (χ2v) is 4.05. The van der Waals surface area contributed by atoms with E-state index in [0.717, 1.165) is 11.4 Å². The number of methoxy groups -OCH3 is 1. The summed E-state index contributed by atoms with van der Waals surface area (Å²) >= 11 is 0. The van der Waals surface area contributed by atoms with Crippen LogP contribution in [0.15, 0.2) is 24.3 Å². The van der Waals surface area contributed by atoms with Gasteiger partial charge in [-0.25, -0.2) is 0 Å². The Bertz CT molecular complexity index is 403. The van der Waals surface area contributed by atoms with E-state index in [4.69, 9.17) is 9.47 Å². The van der Waals surface area contributed by atoms with Gasteiger partial charge in [-0.2, -0.15) is 0 Å². The fourth-order valence-corrected chi connectivity index (χ4v) is 1.89. The molecule has 98 valence electrons. The lowest BCUT2D eigenvalue weighted by Crippen LogP contribution is -2.43. The third kappa shape index (κ3) is 3.13. The minimum absolute atomic E-state index is 0.0872. The molecule has 1 aliphatic rings. The number of hydrogen-bond donors (Lipinski definition) is 1. The molecule has 2 rings (SSSR count). The van der Waals surface area contributed by atoms with Gasteiger partial charge in [0.15, 0.2) is 0 Å². The summed E-state index contributed by atoms with van der Waals surface area (Å²) in [5.41, 5.74) is 0.835. The molecule has 1 saturated heterocycles. The standard InChI is InChI=1S/C13H18N2O3/c1-17-12-5-3-2-4-11(12)14-10-13(16)15-6-8-18-9-7-15/h2-5,14H,6-10H2,1H3. The number of morpholine rings is 1. The monoisotopic (exact) mass is 250 g/mol. The third-order valence-electron chi connectivity index (χ3n) is 2.90. The molecule has 0 aromatic heterocycles. The van der Waals surface area contributed by atoms with Crippen molar-refractivity contribution in [3.05, 3.63) is 24.3 Å². The lowest BCUT2D eigenvalue weighted by Gasteiger charge is -2.27. The molecule has 0 unspecified atom stereocenters. The van der Waals surface area contributed by atoms with Gasteiger partial charge in [-0.1, -0.05) is 12.1 Å². The second-order valence-electron chi connectivity index (χ2n) is 4.05. The summed E-state index contributed by atoms with van der Waals surface area (Å²) in [6, 6.07) is 7.56. The zero-order valence-electron chi connectivity index (χ0n) is 10.5. The summed E-state index contributed by atoms with van der Waals surface area (Å²) in [7, 11) is 1.62. The minimum atomic E-state index is 0.0872. The largest absolute Gasteiger partial charge is 0.495 e. The van der Waals surface area contributed by atoms with Crippen molar-refractivity contribution < 1.29 is 14.3 Å². The maximum atomic E-state index is 11.9. The number of ether oxygens (including phenoxy) is 2. The lowest BCUT2D eigenvalue weighted by atomic mass is 10.3. The van der Waals surface area contributed by atoms with Gasteiger partial charge in [0.1, 0.15) is 5.75 Å². The van der Waals surface area contributed by atoms with Crippen LogP contribution in [-0.2, 0) is 9.53 Å². The molecule has 0 spiro atoms. The van der Waals surface area contributed by atoms with E-state index in [1.165, 1.54) is 0 Å². The van der Waals surface area contributed by atoms with Crippen molar-refractivity contribution in [3.8, 4) is 5.75 Å². The molecule has 5 heteroatoms. The van der Waals surface area contributed by atoms with E-state index in [-0.39, 0.29) is 12.5 Å². The molecule has 0 radical (unpaired) electrons. The van der Waals surface area contributed by atoms with E-state index >= 15 is 0 Å². The molecule has 0 saturated carbocycles. The number of para-hydroxylation sites is 2. The van der Waals surface area contributed by atoms with E-state index in [1.807, 2.05) is 29.2 Å². The lowest BCUT2D eigenvalue weighted by molar-refractivity contribution is -0.133. The first-order valence-corrected chi connectivity index (χ1v) is 6.03. The van der Waals surface area contributed by atoms with Crippen molar-refractivity contribution in [3.63, 3.8) is 0 Å². The van der Waals surface area contributed by atoms with E-state index in [1.54, 1.807) is 7.11 Å². The van der Waals surface area contributed by atoms with Gasteiger partial charge in [-0.15, -0.1) is 0 Å². The zero-order valence-corrected chi connectivity index (χ0v) is 10.5. The molecule has 1 amide bonds. The van der Waals surface area contributed by atoms with Gasteiger partial charge < -0.3 is 19.7 Å². The van der Waals surface area contributed by atoms with Crippen LogP contribution in [0.3, 0.4) is 0 Å². The smallest absolute Gasteiger partial charge is 0.242 e. The van der Waals surface area contributed by atoms with Crippen LogP contribution >= 0.6 is 0 Å². The highest BCUT2D eigenvalue weighted by Gasteiger charge is 2.16. The van der Waals surface area contributed by atoms with Crippen LogP contribution in [0.4, 0.5) is 5.69 Å². The van der Waals surface area contributed by atoms with Gasteiger partial charge in [0.2, 0.25) is 5.91 Å². The Balaban J connectivity index is 1.88. The van der Waals surface area contributed by atoms with Crippen LogP contribution in [0.5, 0.6) is 5.75 Å². The Kier molecular flexibility index (Phi) is 4.41. The molecule has 5 nitrogen and oxygen atoms in total. The summed E-state index contributed by atoms with van der Waals surface area (Å²) in [6.45, 7) is 2.88.